The Hall–Kier alpha value is -2.41. The van der Waals surface area contributed by atoms with Gasteiger partial charge in [0.1, 0.15) is 4.88 Å². The van der Waals surface area contributed by atoms with Gasteiger partial charge in [0.05, 0.1) is 5.69 Å². The summed E-state index contributed by atoms with van der Waals surface area (Å²) < 4.78 is 0. The second-order valence-corrected chi connectivity index (χ2v) is 6.16. The molecule has 0 unspecified atom stereocenters. The number of nitrogens with zero attached hydrogens (tertiary/aromatic N) is 1. The van der Waals surface area contributed by atoms with Gasteiger partial charge in [-0.25, -0.2) is 9.78 Å². The lowest BCUT2D eigenvalue weighted by Gasteiger charge is -2.09. The van der Waals surface area contributed by atoms with Crippen molar-refractivity contribution in [3.8, 4) is 0 Å². The quantitative estimate of drug-likeness (QED) is 0.782. The summed E-state index contributed by atoms with van der Waals surface area (Å²) in [5.41, 5.74) is 1.29. The van der Waals surface area contributed by atoms with Crippen LogP contribution >= 0.6 is 11.3 Å². The summed E-state index contributed by atoms with van der Waals surface area (Å²) in [6.07, 6.45) is 0.855. The Morgan fingerprint density at radius 1 is 1.22 bits per heavy atom. The minimum absolute atomic E-state index is 0.0989. The molecular weight excluding hydrogens is 312 g/mol. The van der Waals surface area contributed by atoms with Crippen molar-refractivity contribution < 1.29 is 9.59 Å². The zero-order valence-corrected chi connectivity index (χ0v) is 14.2. The molecule has 0 aliphatic heterocycles. The third-order valence-electron chi connectivity index (χ3n) is 3.24. The second-order valence-electron chi connectivity index (χ2n) is 5.16. The fourth-order valence-electron chi connectivity index (χ4n) is 1.83. The Labute approximate surface area is 139 Å². The minimum Gasteiger partial charge on any atom is -0.349 e. The number of carbonyl (C=O) groups is 2. The Morgan fingerprint density at radius 2 is 1.91 bits per heavy atom. The standard InChI is InChI=1S/C16H20N4O2S/c1-4-10(2)17-14(21)13-11(3)18-16(23-13)20-15(22)19-12-8-6-5-7-9-12/h5-10H,4H2,1-3H3,(H,17,21)(H2,18,19,20,22)/t10-/m1/s1. The van der Waals surface area contributed by atoms with E-state index in [2.05, 4.69) is 20.9 Å². The number of urea groups is 1. The number of hydrogen-bond acceptors (Lipinski definition) is 4. The van der Waals surface area contributed by atoms with Crippen molar-refractivity contribution in [2.75, 3.05) is 10.6 Å². The summed E-state index contributed by atoms with van der Waals surface area (Å²) in [5, 5.41) is 8.65. The summed E-state index contributed by atoms with van der Waals surface area (Å²) >= 11 is 1.16. The van der Waals surface area contributed by atoms with Gasteiger partial charge in [0.25, 0.3) is 5.91 Å². The molecule has 0 fully saturated rings. The SMILES string of the molecule is CC[C@@H](C)NC(=O)c1sc(NC(=O)Nc2ccccc2)nc1C. The molecule has 7 heteroatoms. The van der Waals surface area contributed by atoms with Crippen LogP contribution in [0.3, 0.4) is 0 Å². The van der Waals surface area contributed by atoms with Gasteiger partial charge in [0, 0.05) is 11.7 Å². The highest BCUT2D eigenvalue weighted by atomic mass is 32.1. The lowest BCUT2D eigenvalue weighted by Crippen LogP contribution is -2.31. The molecular formula is C16H20N4O2S. The van der Waals surface area contributed by atoms with Crippen molar-refractivity contribution >= 4 is 34.1 Å². The third kappa shape index (κ3) is 4.79. The zero-order chi connectivity index (χ0) is 16.8. The van der Waals surface area contributed by atoms with Crippen LogP contribution in [0.25, 0.3) is 0 Å². The molecule has 6 nitrogen and oxygen atoms in total. The smallest absolute Gasteiger partial charge is 0.325 e. The van der Waals surface area contributed by atoms with E-state index in [1.165, 1.54) is 0 Å². The van der Waals surface area contributed by atoms with Crippen LogP contribution < -0.4 is 16.0 Å². The first-order valence-corrected chi connectivity index (χ1v) is 8.22. The number of thiazole rings is 1. The molecule has 0 spiro atoms. The number of nitrogens with one attached hydrogen (secondary N) is 3. The highest BCUT2D eigenvalue weighted by Crippen LogP contribution is 2.23. The van der Waals surface area contributed by atoms with E-state index in [4.69, 9.17) is 0 Å². The average molecular weight is 332 g/mol. The van der Waals surface area contributed by atoms with Crippen molar-refractivity contribution in [3.05, 3.63) is 40.9 Å². The van der Waals surface area contributed by atoms with E-state index in [1.54, 1.807) is 19.1 Å². The highest BCUT2D eigenvalue weighted by molar-refractivity contribution is 7.17. The number of amides is 3. The van der Waals surface area contributed by atoms with Crippen LogP contribution in [0.4, 0.5) is 15.6 Å². The fraction of sp³-hybridized carbons (Fsp3) is 0.312. The maximum absolute atomic E-state index is 12.2. The predicted molar refractivity (Wildman–Crippen MR) is 93.2 cm³/mol. The summed E-state index contributed by atoms with van der Waals surface area (Å²) in [7, 11) is 0. The van der Waals surface area contributed by atoms with Crippen LogP contribution in [0.5, 0.6) is 0 Å². The van der Waals surface area contributed by atoms with Gasteiger partial charge in [0.15, 0.2) is 5.13 Å². The van der Waals surface area contributed by atoms with Crippen molar-refractivity contribution in [2.45, 2.75) is 33.2 Å². The van der Waals surface area contributed by atoms with Crippen LogP contribution in [0.2, 0.25) is 0 Å². The molecule has 1 aromatic carbocycles. The number of rotatable bonds is 5. The number of aromatic nitrogens is 1. The lowest BCUT2D eigenvalue weighted by atomic mass is 10.2. The molecule has 0 saturated carbocycles. The van der Waals surface area contributed by atoms with E-state index in [9.17, 15) is 9.59 Å². The van der Waals surface area contributed by atoms with Gasteiger partial charge >= 0.3 is 6.03 Å². The number of benzene rings is 1. The normalized spacial score (nSPS) is 11.6. The number of carbonyl (C=O) groups excluding carboxylic acids is 2. The lowest BCUT2D eigenvalue weighted by molar-refractivity contribution is 0.0942. The van der Waals surface area contributed by atoms with E-state index < -0.39 is 0 Å². The highest BCUT2D eigenvalue weighted by Gasteiger charge is 2.17. The molecule has 0 saturated heterocycles. The Morgan fingerprint density at radius 3 is 2.57 bits per heavy atom. The van der Waals surface area contributed by atoms with Gasteiger partial charge in [-0.1, -0.05) is 36.5 Å². The van der Waals surface area contributed by atoms with Gasteiger partial charge in [-0.2, -0.15) is 0 Å². The molecule has 2 rings (SSSR count). The van der Waals surface area contributed by atoms with Gasteiger partial charge in [-0.15, -0.1) is 0 Å². The first kappa shape index (κ1) is 17.0. The van der Waals surface area contributed by atoms with Crippen molar-refractivity contribution in [2.24, 2.45) is 0 Å². The van der Waals surface area contributed by atoms with E-state index >= 15 is 0 Å². The molecule has 0 aliphatic rings. The van der Waals surface area contributed by atoms with Gasteiger partial charge in [0.2, 0.25) is 0 Å². The topological polar surface area (TPSA) is 83.1 Å². The molecule has 0 bridgehead atoms. The first-order chi connectivity index (χ1) is 11.0. The van der Waals surface area contributed by atoms with Gasteiger partial charge < -0.3 is 10.6 Å². The summed E-state index contributed by atoms with van der Waals surface area (Å²) in [6.45, 7) is 5.70. The molecule has 3 amide bonds. The summed E-state index contributed by atoms with van der Waals surface area (Å²) in [6, 6.07) is 8.83. The first-order valence-electron chi connectivity index (χ1n) is 7.41. The van der Waals surface area contributed by atoms with Crippen molar-refractivity contribution in [1.29, 1.82) is 0 Å². The van der Waals surface area contributed by atoms with E-state index in [-0.39, 0.29) is 18.0 Å². The molecule has 0 radical (unpaired) electrons. The maximum Gasteiger partial charge on any atom is 0.325 e. The average Bonchev–Trinajstić information content (AvgIpc) is 2.88. The van der Waals surface area contributed by atoms with Crippen LogP contribution in [0, 0.1) is 6.92 Å². The zero-order valence-electron chi connectivity index (χ0n) is 13.3. The van der Waals surface area contributed by atoms with E-state index in [0.29, 0.717) is 21.4 Å². The maximum atomic E-state index is 12.2. The molecule has 1 aromatic heterocycles. The number of hydrogen-bond donors (Lipinski definition) is 3. The molecule has 122 valence electrons. The van der Waals surface area contributed by atoms with Crippen LogP contribution in [-0.2, 0) is 0 Å². The van der Waals surface area contributed by atoms with Crippen molar-refractivity contribution in [1.82, 2.24) is 10.3 Å². The van der Waals surface area contributed by atoms with Gasteiger partial charge in [-0.3, -0.25) is 10.1 Å². The number of aryl methyl sites for hydroxylation is 1. The Kier molecular flexibility index (Phi) is 5.70. The molecule has 23 heavy (non-hydrogen) atoms. The van der Waals surface area contributed by atoms with Crippen molar-refractivity contribution in [3.63, 3.8) is 0 Å². The molecule has 2 aromatic rings. The fourth-order valence-corrected chi connectivity index (χ4v) is 2.70. The monoisotopic (exact) mass is 332 g/mol. The van der Waals surface area contributed by atoms with Crippen LogP contribution in [0.15, 0.2) is 30.3 Å². The summed E-state index contributed by atoms with van der Waals surface area (Å²) in [5.74, 6) is -0.161. The third-order valence-corrected chi connectivity index (χ3v) is 4.32. The second kappa shape index (κ2) is 7.73. The molecule has 1 atom stereocenters. The van der Waals surface area contributed by atoms with E-state index in [0.717, 1.165) is 17.8 Å². The van der Waals surface area contributed by atoms with E-state index in [1.807, 2.05) is 32.0 Å². The minimum atomic E-state index is -0.390. The number of anilines is 2. The molecule has 3 N–H and O–H groups in total. The molecule has 1 heterocycles. The summed E-state index contributed by atoms with van der Waals surface area (Å²) in [4.78, 5) is 28.8. The molecule has 0 aliphatic carbocycles. The predicted octanol–water partition coefficient (Wildman–Crippen LogP) is 3.62. The Balaban J connectivity index is 2.00. The van der Waals surface area contributed by atoms with Crippen LogP contribution in [0.1, 0.15) is 35.6 Å². The number of para-hydroxylation sites is 1. The Bertz CT molecular complexity index is 685. The largest absolute Gasteiger partial charge is 0.349 e. The van der Waals surface area contributed by atoms with Crippen LogP contribution in [-0.4, -0.2) is 23.0 Å². The van der Waals surface area contributed by atoms with Gasteiger partial charge in [-0.05, 0) is 32.4 Å².